The summed E-state index contributed by atoms with van der Waals surface area (Å²) in [7, 11) is 0. The first kappa shape index (κ1) is 18.0. The summed E-state index contributed by atoms with van der Waals surface area (Å²) in [6, 6.07) is 7.41. The van der Waals surface area contributed by atoms with E-state index in [2.05, 4.69) is 0 Å². The van der Waals surface area contributed by atoms with Gasteiger partial charge in [-0.2, -0.15) is 0 Å². The van der Waals surface area contributed by atoms with E-state index in [-0.39, 0.29) is 25.8 Å². The molecule has 0 atom stereocenters. The maximum absolute atomic E-state index is 12.5. The summed E-state index contributed by atoms with van der Waals surface area (Å²) in [5.74, 6) is 0.571. The number of carbonyl (C=O) groups excluding carboxylic acids is 2. The van der Waals surface area contributed by atoms with Crippen LogP contribution in [0, 0.1) is 13.8 Å². The van der Waals surface area contributed by atoms with E-state index < -0.39 is 5.97 Å². The van der Waals surface area contributed by atoms with Crippen molar-refractivity contribution in [2.75, 3.05) is 26.6 Å². The molecule has 0 saturated carbocycles. The van der Waals surface area contributed by atoms with Crippen LogP contribution in [-0.2, 0) is 14.3 Å². The second-order valence-corrected chi connectivity index (χ2v) is 5.88. The smallest absolute Gasteiger partial charge is 0.332 e. The molecule has 2 heterocycles. The fraction of sp³-hybridized carbons (Fsp3) is 0.368. The first-order valence-electron chi connectivity index (χ1n) is 8.36. The van der Waals surface area contributed by atoms with Gasteiger partial charge in [0.1, 0.15) is 6.61 Å². The van der Waals surface area contributed by atoms with Gasteiger partial charge in [0.15, 0.2) is 18.1 Å². The predicted molar refractivity (Wildman–Crippen MR) is 93.1 cm³/mol. The van der Waals surface area contributed by atoms with Crippen molar-refractivity contribution in [2.24, 2.45) is 0 Å². The molecule has 1 aromatic carbocycles. The van der Waals surface area contributed by atoms with Gasteiger partial charge in [0.2, 0.25) is 12.6 Å². The lowest BCUT2D eigenvalue weighted by Gasteiger charge is -2.11. The van der Waals surface area contributed by atoms with Crippen LogP contribution in [0.4, 0.5) is 0 Å². The third kappa shape index (κ3) is 3.57. The minimum atomic E-state index is -0.551. The number of aromatic nitrogens is 1. The lowest BCUT2D eigenvalue weighted by molar-refractivity contribution is -0.147. The number of ketones is 1. The van der Waals surface area contributed by atoms with Crippen molar-refractivity contribution in [3.63, 3.8) is 0 Å². The van der Waals surface area contributed by atoms with Crippen LogP contribution < -0.4 is 9.47 Å². The third-order valence-corrected chi connectivity index (χ3v) is 4.13. The van der Waals surface area contributed by atoms with Crippen molar-refractivity contribution >= 4 is 11.8 Å². The highest BCUT2D eigenvalue weighted by Gasteiger charge is 2.20. The molecule has 3 rings (SSSR count). The Balaban J connectivity index is 1.77. The van der Waals surface area contributed by atoms with E-state index in [1.165, 1.54) is 0 Å². The van der Waals surface area contributed by atoms with Crippen molar-refractivity contribution in [1.82, 2.24) is 4.57 Å². The molecule has 0 amide bonds. The van der Waals surface area contributed by atoms with Gasteiger partial charge in [0.25, 0.3) is 0 Å². The third-order valence-electron chi connectivity index (χ3n) is 4.13. The van der Waals surface area contributed by atoms with Gasteiger partial charge in [-0.3, -0.25) is 4.79 Å². The van der Waals surface area contributed by atoms with Crippen molar-refractivity contribution in [3.05, 3.63) is 41.2 Å². The van der Waals surface area contributed by atoms with Crippen molar-refractivity contribution in [2.45, 2.75) is 20.8 Å². The van der Waals surface area contributed by atoms with Gasteiger partial charge in [0, 0.05) is 35.3 Å². The van der Waals surface area contributed by atoms with Gasteiger partial charge in [-0.05, 0) is 39.0 Å². The van der Waals surface area contributed by atoms with E-state index in [9.17, 15) is 9.59 Å². The number of esters is 1. The number of fused-ring (bicyclic) bond motifs is 1. The van der Waals surface area contributed by atoms with E-state index in [4.69, 9.17) is 18.9 Å². The minimum absolute atomic E-state index is 0.153. The molecule has 0 bridgehead atoms. The number of benzene rings is 1. The molecule has 2 aromatic rings. The zero-order chi connectivity index (χ0) is 18.7. The summed E-state index contributed by atoms with van der Waals surface area (Å²) in [6.45, 7) is 5.71. The van der Waals surface area contributed by atoms with Crippen molar-refractivity contribution < 1.29 is 28.5 Å². The molecule has 1 aliphatic heterocycles. The number of ether oxygens (including phenoxy) is 4. The molecule has 1 aromatic heterocycles. The number of carbonyl (C=O) groups is 2. The minimum Gasteiger partial charge on any atom is -0.456 e. The number of hydrogen-bond donors (Lipinski definition) is 0. The van der Waals surface area contributed by atoms with Gasteiger partial charge in [-0.15, -0.1) is 0 Å². The Morgan fingerprint density at radius 1 is 1.12 bits per heavy atom. The van der Waals surface area contributed by atoms with Crippen LogP contribution in [0.2, 0.25) is 0 Å². The predicted octanol–water partition coefficient (Wildman–Crippen LogP) is 2.59. The number of nitrogens with zero attached hydrogens (tertiary/aromatic N) is 1. The van der Waals surface area contributed by atoms with Crippen LogP contribution in [0.25, 0.3) is 5.69 Å². The zero-order valence-corrected chi connectivity index (χ0v) is 15.0. The molecule has 138 valence electrons. The average Bonchev–Trinajstić information content (AvgIpc) is 3.21. The molecule has 7 nitrogen and oxygen atoms in total. The summed E-state index contributed by atoms with van der Waals surface area (Å²) in [5.41, 5.74) is 3.05. The molecule has 0 radical (unpaired) electrons. The van der Waals surface area contributed by atoms with Gasteiger partial charge in [-0.1, -0.05) is 0 Å². The van der Waals surface area contributed by atoms with Crippen molar-refractivity contribution in [1.29, 1.82) is 0 Å². The monoisotopic (exact) mass is 359 g/mol. The Morgan fingerprint density at radius 3 is 2.65 bits per heavy atom. The maximum atomic E-state index is 12.5. The molecular formula is C19H21NO6. The molecule has 1 aliphatic rings. The Morgan fingerprint density at radius 2 is 1.88 bits per heavy atom. The molecule has 0 fully saturated rings. The highest BCUT2D eigenvalue weighted by Crippen LogP contribution is 2.34. The Hall–Kier alpha value is -2.80. The van der Waals surface area contributed by atoms with Crippen LogP contribution in [0.15, 0.2) is 24.3 Å². The normalized spacial score (nSPS) is 12.3. The van der Waals surface area contributed by atoms with Crippen LogP contribution in [0.5, 0.6) is 11.5 Å². The Bertz CT molecular complexity index is 839. The second kappa shape index (κ2) is 7.61. The van der Waals surface area contributed by atoms with E-state index in [0.29, 0.717) is 23.7 Å². The molecule has 7 heteroatoms. The van der Waals surface area contributed by atoms with Crippen LogP contribution in [-0.4, -0.2) is 42.9 Å². The highest BCUT2D eigenvalue weighted by molar-refractivity contribution is 5.99. The van der Waals surface area contributed by atoms with E-state index >= 15 is 0 Å². The molecule has 26 heavy (non-hydrogen) atoms. The summed E-state index contributed by atoms with van der Waals surface area (Å²) in [5, 5.41) is 0. The van der Waals surface area contributed by atoms with Gasteiger partial charge >= 0.3 is 5.97 Å². The van der Waals surface area contributed by atoms with Crippen LogP contribution in [0.1, 0.15) is 28.7 Å². The quantitative estimate of drug-likeness (QED) is 0.559. The fourth-order valence-corrected chi connectivity index (χ4v) is 2.92. The number of rotatable bonds is 7. The second-order valence-electron chi connectivity index (χ2n) is 5.88. The van der Waals surface area contributed by atoms with Crippen molar-refractivity contribution in [3.8, 4) is 17.2 Å². The van der Waals surface area contributed by atoms with Gasteiger partial charge < -0.3 is 23.5 Å². The van der Waals surface area contributed by atoms with Gasteiger partial charge in [0.05, 0.1) is 0 Å². The summed E-state index contributed by atoms with van der Waals surface area (Å²) in [4.78, 5) is 23.9. The van der Waals surface area contributed by atoms with E-state index in [0.717, 1.165) is 17.1 Å². The summed E-state index contributed by atoms with van der Waals surface area (Å²) < 4.78 is 22.6. The molecule has 0 unspecified atom stereocenters. The Labute approximate surface area is 151 Å². The van der Waals surface area contributed by atoms with Crippen LogP contribution >= 0.6 is 0 Å². The Kier molecular flexibility index (Phi) is 5.27. The molecule has 0 aliphatic carbocycles. The zero-order valence-electron chi connectivity index (χ0n) is 15.0. The SMILES string of the molecule is CCOCC(=O)OCC(=O)c1cc(C)n(-c2ccc3c(c2)OCO3)c1C. The van der Waals surface area contributed by atoms with E-state index in [1.54, 1.807) is 13.0 Å². The topological polar surface area (TPSA) is 76.0 Å². The summed E-state index contributed by atoms with van der Waals surface area (Å²) >= 11 is 0. The number of aryl methyl sites for hydroxylation is 1. The standard InChI is InChI=1S/C19H21NO6/c1-4-23-10-19(22)24-9-16(21)15-7-12(2)20(13(15)3)14-5-6-17-18(8-14)26-11-25-17/h5-8H,4,9-11H2,1-3H3. The first-order chi connectivity index (χ1) is 12.5. The largest absolute Gasteiger partial charge is 0.456 e. The molecule has 0 N–H and O–H groups in total. The lowest BCUT2D eigenvalue weighted by Crippen LogP contribution is -2.18. The number of hydrogen-bond acceptors (Lipinski definition) is 6. The molecule has 0 saturated heterocycles. The lowest BCUT2D eigenvalue weighted by atomic mass is 10.1. The van der Waals surface area contributed by atoms with Crippen LogP contribution in [0.3, 0.4) is 0 Å². The number of Topliss-reactive ketones (excluding diaryl/α,β-unsaturated/α-hetero) is 1. The highest BCUT2D eigenvalue weighted by atomic mass is 16.7. The first-order valence-corrected chi connectivity index (χ1v) is 8.36. The van der Waals surface area contributed by atoms with E-state index in [1.807, 2.05) is 36.6 Å². The fourth-order valence-electron chi connectivity index (χ4n) is 2.92. The summed E-state index contributed by atoms with van der Waals surface area (Å²) in [6.07, 6.45) is 0. The molecular weight excluding hydrogens is 338 g/mol. The molecule has 0 spiro atoms. The van der Waals surface area contributed by atoms with Gasteiger partial charge in [-0.25, -0.2) is 4.79 Å². The average molecular weight is 359 g/mol. The maximum Gasteiger partial charge on any atom is 0.332 e.